The summed E-state index contributed by atoms with van der Waals surface area (Å²) in [6.45, 7) is 4.75. The molecular formula is C17H21N5O4. The SMILES string of the molecule is CC(C)COc1cccc(/C=N/NC(=O)CCc2n[nH]c(=O)[nH]c2=O)c1. The molecule has 0 unspecified atom stereocenters. The third-order valence-electron chi connectivity index (χ3n) is 3.21. The summed E-state index contributed by atoms with van der Waals surface area (Å²) in [6, 6.07) is 7.35. The van der Waals surface area contributed by atoms with Gasteiger partial charge in [0.25, 0.3) is 5.56 Å². The van der Waals surface area contributed by atoms with Crippen molar-refractivity contribution in [3.05, 3.63) is 56.4 Å². The Kier molecular flexibility index (Phi) is 6.84. The third-order valence-corrected chi connectivity index (χ3v) is 3.21. The first-order valence-corrected chi connectivity index (χ1v) is 8.16. The van der Waals surface area contributed by atoms with Gasteiger partial charge in [0.05, 0.1) is 12.8 Å². The van der Waals surface area contributed by atoms with Crippen LogP contribution in [0.15, 0.2) is 39.0 Å². The number of nitrogens with one attached hydrogen (secondary N) is 3. The molecule has 1 heterocycles. The number of ether oxygens (including phenoxy) is 1. The average molecular weight is 359 g/mol. The van der Waals surface area contributed by atoms with Crippen molar-refractivity contribution < 1.29 is 9.53 Å². The van der Waals surface area contributed by atoms with E-state index in [-0.39, 0.29) is 24.4 Å². The van der Waals surface area contributed by atoms with Crippen molar-refractivity contribution >= 4 is 12.1 Å². The zero-order valence-electron chi connectivity index (χ0n) is 14.6. The lowest BCUT2D eigenvalue weighted by atomic mass is 10.2. The van der Waals surface area contributed by atoms with Crippen LogP contribution >= 0.6 is 0 Å². The third kappa shape index (κ3) is 6.34. The van der Waals surface area contributed by atoms with Crippen LogP contribution in [0.5, 0.6) is 5.75 Å². The Balaban J connectivity index is 1.83. The molecule has 0 spiro atoms. The van der Waals surface area contributed by atoms with Gasteiger partial charge in [-0.2, -0.15) is 10.2 Å². The van der Waals surface area contributed by atoms with E-state index < -0.39 is 11.2 Å². The minimum absolute atomic E-state index is 0.0109. The van der Waals surface area contributed by atoms with Gasteiger partial charge >= 0.3 is 5.69 Å². The minimum atomic E-state index is -0.688. The predicted molar refractivity (Wildman–Crippen MR) is 96.3 cm³/mol. The predicted octanol–water partition coefficient (Wildman–Crippen LogP) is 0.576. The van der Waals surface area contributed by atoms with Crippen molar-refractivity contribution in [1.29, 1.82) is 0 Å². The standard InChI is InChI=1S/C17H21N5O4/c1-11(2)10-26-13-5-3-4-12(8-13)9-18-21-15(23)7-6-14-16(24)19-17(25)22-20-14/h3-5,8-9,11H,6-7,10H2,1-2H3,(H,21,23)(H2,19,22,24,25)/b18-9+. The van der Waals surface area contributed by atoms with Crippen molar-refractivity contribution in [3.8, 4) is 5.75 Å². The molecule has 26 heavy (non-hydrogen) atoms. The summed E-state index contributed by atoms with van der Waals surface area (Å²) in [5.74, 6) is 0.786. The highest BCUT2D eigenvalue weighted by atomic mass is 16.5. The van der Waals surface area contributed by atoms with Crippen molar-refractivity contribution in [3.63, 3.8) is 0 Å². The monoisotopic (exact) mass is 359 g/mol. The van der Waals surface area contributed by atoms with Crippen molar-refractivity contribution in [2.45, 2.75) is 26.7 Å². The Hall–Kier alpha value is -3.23. The molecule has 2 rings (SSSR count). The van der Waals surface area contributed by atoms with Crippen LogP contribution in [-0.2, 0) is 11.2 Å². The van der Waals surface area contributed by atoms with Gasteiger partial charge in [-0.25, -0.2) is 15.3 Å². The number of hydrazone groups is 1. The minimum Gasteiger partial charge on any atom is -0.493 e. The lowest BCUT2D eigenvalue weighted by Crippen LogP contribution is -2.28. The molecule has 0 radical (unpaired) electrons. The van der Waals surface area contributed by atoms with Crippen LogP contribution in [0.3, 0.4) is 0 Å². The molecule has 0 aliphatic rings. The zero-order valence-corrected chi connectivity index (χ0v) is 14.6. The van der Waals surface area contributed by atoms with Gasteiger partial charge in [0, 0.05) is 12.8 Å². The second-order valence-corrected chi connectivity index (χ2v) is 6.02. The number of carbonyl (C=O) groups is 1. The molecule has 0 aliphatic carbocycles. The average Bonchev–Trinajstić information content (AvgIpc) is 2.59. The fourth-order valence-corrected chi connectivity index (χ4v) is 1.96. The maximum Gasteiger partial charge on any atom is 0.342 e. The van der Waals surface area contributed by atoms with Gasteiger partial charge in [-0.3, -0.25) is 14.6 Å². The van der Waals surface area contributed by atoms with E-state index in [0.29, 0.717) is 12.5 Å². The number of amides is 1. The Morgan fingerprint density at radius 1 is 1.38 bits per heavy atom. The molecule has 0 aliphatic heterocycles. The second kappa shape index (κ2) is 9.30. The van der Waals surface area contributed by atoms with E-state index in [0.717, 1.165) is 11.3 Å². The van der Waals surface area contributed by atoms with E-state index in [9.17, 15) is 14.4 Å². The van der Waals surface area contributed by atoms with E-state index in [1.165, 1.54) is 6.21 Å². The Labute approximate surface area is 149 Å². The van der Waals surface area contributed by atoms with Gasteiger partial charge in [0.1, 0.15) is 11.4 Å². The van der Waals surface area contributed by atoms with Gasteiger partial charge in [-0.05, 0) is 23.6 Å². The zero-order chi connectivity index (χ0) is 18.9. The van der Waals surface area contributed by atoms with Gasteiger partial charge in [-0.15, -0.1) is 0 Å². The molecule has 1 aromatic carbocycles. The molecule has 0 saturated heterocycles. The number of nitrogens with zero attached hydrogens (tertiary/aromatic N) is 2. The summed E-state index contributed by atoms with van der Waals surface area (Å²) in [6.07, 6.45) is 1.61. The lowest BCUT2D eigenvalue weighted by molar-refractivity contribution is -0.121. The smallest absolute Gasteiger partial charge is 0.342 e. The van der Waals surface area contributed by atoms with Crippen molar-refractivity contribution in [2.24, 2.45) is 11.0 Å². The highest BCUT2D eigenvalue weighted by molar-refractivity contribution is 5.82. The van der Waals surface area contributed by atoms with E-state index in [2.05, 4.69) is 34.6 Å². The van der Waals surface area contributed by atoms with E-state index in [4.69, 9.17) is 4.74 Å². The number of carbonyl (C=O) groups excluding carboxylic acids is 1. The summed E-state index contributed by atoms with van der Waals surface area (Å²) >= 11 is 0. The summed E-state index contributed by atoms with van der Waals surface area (Å²) in [5, 5.41) is 9.60. The van der Waals surface area contributed by atoms with Crippen molar-refractivity contribution in [1.82, 2.24) is 20.6 Å². The van der Waals surface area contributed by atoms with Crippen LogP contribution in [0, 0.1) is 5.92 Å². The van der Waals surface area contributed by atoms with Crippen LogP contribution in [0.4, 0.5) is 0 Å². The van der Waals surface area contributed by atoms with Crippen molar-refractivity contribution in [2.75, 3.05) is 6.61 Å². The number of aromatic amines is 2. The molecule has 1 aromatic heterocycles. The molecule has 0 fully saturated rings. The first kappa shape index (κ1) is 19.1. The second-order valence-electron chi connectivity index (χ2n) is 6.02. The summed E-state index contributed by atoms with van der Waals surface area (Å²) in [7, 11) is 0. The summed E-state index contributed by atoms with van der Waals surface area (Å²) < 4.78 is 5.63. The maximum absolute atomic E-state index is 11.8. The first-order chi connectivity index (χ1) is 12.4. The van der Waals surface area contributed by atoms with Crippen LogP contribution in [-0.4, -0.2) is 33.9 Å². The lowest BCUT2D eigenvalue weighted by Gasteiger charge is -2.08. The molecule has 0 atom stereocenters. The van der Waals surface area contributed by atoms with Gasteiger partial charge in [0.15, 0.2) is 0 Å². The van der Waals surface area contributed by atoms with E-state index in [1.807, 2.05) is 29.2 Å². The molecule has 2 aromatic rings. The van der Waals surface area contributed by atoms with E-state index in [1.54, 1.807) is 0 Å². The number of H-pyrrole nitrogens is 2. The fourth-order valence-electron chi connectivity index (χ4n) is 1.96. The topological polar surface area (TPSA) is 129 Å². The molecule has 0 bridgehead atoms. The maximum atomic E-state index is 11.8. The number of benzene rings is 1. The molecule has 138 valence electrons. The molecule has 0 saturated carbocycles. The summed E-state index contributed by atoms with van der Waals surface area (Å²) in [5.41, 5.74) is 1.95. The molecule has 9 heteroatoms. The highest BCUT2D eigenvalue weighted by Crippen LogP contribution is 2.13. The quantitative estimate of drug-likeness (QED) is 0.469. The Bertz CT molecular complexity index is 885. The number of aromatic nitrogens is 3. The van der Waals surface area contributed by atoms with Crippen LogP contribution in [0.1, 0.15) is 31.5 Å². The van der Waals surface area contributed by atoms with Crippen LogP contribution < -0.4 is 21.4 Å². The molecule has 3 N–H and O–H groups in total. The largest absolute Gasteiger partial charge is 0.493 e. The van der Waals surface area contributed by atoms with E-state index >= 15 is 0 Å². The van der Waals surface area contributed by atoms with Crippen LogP contribution in [0.2, 0.25) is 0 Å². The van der Waals surface area contributed by atoms with Gasteiger partial charge in [0.2, 0.25) is 5.91 Å². The normalized spacial score (nSPS) is 11.0. The number of hydrogen-bond donors (Lipinski definition) is 3. The van der Waals surface area contributed by atoms with Crippen LogP contribution in [0.25, 0.3) is 0 Å². The summed E-state index contributed by atoms with van der Waals surface area (Å²) in [4.78, 5) is 36.2. The number of rotatable bonds is 8. The fraction of sp³-hybridized carbons (Fsp3) is 0.353. The number of hydrogen-bond acceptors (Lipinski definition) is 6. The Morgan fingerprint density at radius 3 is 2.92 bits per heavy atom. The Morgan fingerprint density at radius 2 is 2.19 bits per heavy atom. The molecular weight excluding hydrogens is 338 g/mol. The first-order valence-electron chi connectivity index (χ1n) is 8.16. The van der Waals surface area contributed by atoms with Gasteiger partial charge in [-0.1, -0.05) is 26.0 Å². The van der Waals surface area contributed by atoms with Gasteiger partial charge < -0.3 is 4.74 Å². The number of aryl methyl sites for hydroxylation is 1. The molecule has 9 nitrogen and oxygen atoms in total. The highest BCUT2D eigenvalue weighted by Gasteiger charge is 2.06. The molecule has 1 amide bonds.